The number of carbonyl (C=O) groups is 2. The van der Waals surface area contributed by atoms with Crippen molar-refractivity contribution in [1.29, 1.82) is 0 Å². The smallest absolute Gasteiger partial charge is 0.352 e. The second-order valence-corrected chi connectivity index (χ2v) is 8.57. The summed E-state index contributed by atoms with van der Waals surface area (Å²) in [5, 5.41) is 13.6. The van der Waals surface area contributed by atoms with Gasteiger partial charge >= 0.3 is 12.2 Å². The fourth-order valence-corrected chi connectivity index (χ4v) is 3.95. The zero-order valence-corrected chi connectivity index (χ0v) is 18.6. The molecule has 2 fully saturated rings. The number of nitrogens with one attached hydrogen (secondary N) is 2. The highest BCUT2D eigenvalue weighted by Crippen LogP contribution is 2.33. The molecule has 0 spiro atoms. The van der Waals surface area contributed by atoms with Gasteiger partial charge in [-0.15, -0.1) is 10.2 Å². The lowest BCUT2D eigenvalue weighted by molar-refractivity contribution is -0.138. The van der Waals surface area contributed by atoms with Crippen LogP contribution in [0.15, 0.2) is 36.4 Å². The van der Waals surface area contributed by atoms with E-state index in [1.807, 2.05) is 4.90 Å². The molecule has 2 N–H and O–H groups in total. The minimum absolute atomic E-state index is 0.260. The summed E-state index contributed by atoms with van der Waals surface area (Å²) in [6.07, 6.45) is 0.103. The van der Waals surface area contributed by atoms with Crippen molar-refractivity contribution in [2.24, 2.45) is 5.92 Å². The summed E-state index contributed by atoms with van der Waals surface area (Å²) in [4.78, 5) is 28.0. The van der Waals surface area contributed by atoms with Crippen molar-refractivity contribution in [3.05, 3.63) is 47.5 Å². The first-order chi connectivity index (χ1) is 16.3. The maximum Gasteiger partial charge on any atom is 0.417 e. The maximum atomic E-state index is 13.3. The van der Waals surface area contributed by atoms with E-state index in [0.717, 1.165) is 24.8 Å². The number of amides is 3. The Morgan fingerprint density at radius 1 is 1.00 bits per heavy atom. The lowest BCUT2D eigenvalue weighted by Crippen LogP contribution is -2.49. The molecule has 11 heteroatoms. The number of nitrogens with zero attached hydrogens (tertiary/aromatic N) is 4. The van der Waals surface area contributed by atoms with E-state index in [2.05, 4.69) is 20.8 Å². The summed E-state index contributed by atoms with van der Waals surface area (Å²) in [6.45, 7) is 1.95. The summed E-state index contributed by atoms with van der Waals surface area (Å²) in [6, 6.07) is 7.85. The summed E-state index contributed by atoms with van der Waals surface area (Å²) < 4.78 is 39.8. The van der Waals surface area contributed by atoms with Crippen molar-refractivity contribution >= 4 is 23.6 Å². The topological polar surface area (TPSA) is 90.5 Å². The van der Waals surface area contributed by atoms with Gasteiger partial charge < -0.3 is 15.1 Å². The molecule has 0 atom stereocenters. The Labute approximate surface area is 195 Å². The number of hydrogen-bond donors (Lipinski definition) is 2. The van der Waals surface area contributed by atoms with Crippen molar-refractivity contribution in [3.8, 4) is 0 Å². The molecule has 2 aliphatic rings. The molecule has 1 aromatic heterocycles. The number of rotatable bonds is 7. The van der Waals surface area contributed by atoms with Crippen molar-refractivity contribution in [2.75, 3.05) is 42.9 Å². The molecule has 1 aliphatic heterocycles. The number of alkyl halides is 3. The Balaban J connectivity index is 1.26. The average molecular weight is 477 g/mol. The minimum Gasteiger partial charge on any atom is -0.352 e. The molecule has 2 aromatic rings. The first kappa shape index (κ1) is 23.8. The van der Waals surface area contributed by atoms with E-state index in [1.54, 1.807) is 12.1 Å². The van der Waals surface area contributed by atoms with Crippen LogP contribution in [0, 0.1) is 5.92 Å². The third-order valence-electron chi connectivity index (χ3n) is 6.02. The van der Waals surface area contributed by atoms with E-state index in [-0.39, 0.29) is 24.7 Å². The maximum absolute atomic E-state index is 13.3. The molecule has 4 rings (SSSR count). The van der Waals surface area contributed by atoms with E-state index in [1.165, 1.54) is 35.9 Å². The van der Waals surface area contributed by atoms with Gasteiger partial charge in [-0.3, -0.25) is 10.1 Å². The van der Waals surface area contributed by atoms with Gasteiger partial charge in [-0.25, -0.2) is 4.79 Å². The van der Waals surface area contributed by atoms with E-state index < -0.39 is 17.6 Å². The lowest BCUT2D eigenvalue weighted by atomic mass is 10.1. The Morgan fingerprint density at radius 3 is 2.38 bits per heavy atom. The van der Waals surface area contributed by atoms with E-state index in [9.17, 15) is 22.8 Å². The second kappa shape index (κ2) is 10.3. The van der Waals surface area contributed by atoms with Crippen LogP contribution in [-0.4, -0.2) is 59.8 Å². The SMILES string of the molecule is O=C(NCCCC1CC1)Nc1ccc(N2CCN(C(=O)c3ccccc3C(F)(F)F)CC2)nn1. The molecule has 0 radical (unpaired) electrons. The van der Waals surface area contributed by atoms with Crippen LogP contribution in [0.5, 0.6) is 0 Å². The van der Waals surface area contributed by atoms with Crippen LogP contribution in [-0.2, 0) is 6.18 Å². The van der Waals surface area contributed by atoms with Crippen LogP contribution in [0.3, 0.4) is 0 Å². The van der Waals surface area contributed by atoms with Crippen molar-refractivity contribution in [3.63, 3.8) is 0 Å². The predicted molar refractivity (Wildman–Crippen MR) is 121 cm³/mol. The van der Waals surface area contributed by atoms with Crippen molar-refractivity contribution < 1.29 is 22.8 Å². The summed E-state index contributed by atoms with van der Waals surface area (Å²) >= 11 is 0. The quantitative estimate of drug-likeness (QED) is 0.594. The Bertz CT molecular complexity index is 1000. The molecule has 0 unspecified atom stereocenters. The Hall–Kier alpha value is -3.37. The molecule has 0 bridgehead atoms. The molecular weight excluding hydrogens is 449 g/mol. The largest absolute Gasteiger partial charge is 0.417 e. The summed E-state index contributed by atoms with van der Waals surface area (Å²) in [7, 11) is 0. The first-order valence-electron chi connectivity index (χ1n) is 11.4. The number of benzene rings is 1. The number of carbonyl (C=O) groups excluding carboxylic acids is 2. The normalized spacial score (nSPS) is 16.3. The van der Waals surface area contributed by atoms with E-state index in [4.69, 9.17) is 0 Å². The highest BCUT2D eigenvalue weighted by atomic mass is 19.4. The molecule has 182 valence electrons. The van der Waals surface area contributed by atoms with Crippen LogP contribution < -0.4 is 15.5 Å². The van der Waals surface area contributed by atoms with Gasteiger partial charge in [-0.1, -0.05) is 25.0 Å². The number of hydrogen-bond acceptors (Lipinski definition) is 5. The average Bonchev–Trinajstić information content (AvgIpc) is 3.66. The number of anilines is 2. The van der Waals surface area contributed by atoms with Crippen LogP contribution in [0.1, 0.15) is 41.6 Å². The summed E-state index contributed by atoms with van der Waals surface area (Å²) in [5.41, 5.74) is -1.27. The van der Waals surface area contributed by atoms with Crippen LogP contribution in [0.25, 0.3) is 0 Å². The third-order valence-corrected chi connectivity index (χ3v) is 6.02. The molecule has 1 aromatic carbocycles. The van der Waals surface area contributed by atoms with Gasteiger partial charge in [-0.2, -0.15) is 13.2 Å². The molecular formula is C23H27F3N6O2. The molecule has 34 heavy (non-hydrogen) atoms. The van der Waals surface area contributed by atoms with Gasteiger partial charge in [0.05, 0.1) is 11.1 Å². The molecule has 3 amide bonds. The molecule has 1 saturated carbocycles. The second-order valence-electron chi connectivity index (χ2n) is 8.57. The highest BCUT2D eigenvalue weighted by Gasteiger charge is 2.36. The molecule has 1 saturated heterocycles. The number of urea groups is 1. The highest BCUT2D eigenvalue weighted by molar-refractivity contribution is 5.96. The van der Waals surface area contributed by atoms with Crippen LogP contribution in [0.4, 0.5) is 29.6 Å². The first-order valence-corrected chi connectivity index (χ1v) is 11.4. The fraction of sp³-hybridized carbons (Fsp3) is 0.478. The van der Waals surface area contributed by atoms with Gasteiger partial charge in [-0.05, 0) is 43.0 Å². The fourth-order valence-electron chi connectivity index (χ4n) is 3.95. The Kier molecular flexibility index (Phi) is 7.18. The Morgan fingerprint density at radius 2 is 1.74 bits per heavy atom. The molecule has 8 nitrogen and oxygen atoms in total. The third kappa shape index (κ3) is 6.15. The van der Waals surface area contributed by atoms with Gasteiger partial charge in [0.1, 0.15) is 0 Å². The van der Waals surface area contributed by atoms with Crippen LogP contribution >= 0.6 is 0 Å². The van der Waals surface area contributed by atoms with Crippen molar-refractivity contribution in [2.45, 2.75) is 31.9 Å². The standard InChI is InChI=1S/C23H27F3N6O2/c24-23(25,26)18-6-2-1-5-17(18)21(33)32-14-12-31(13-15-32)20-10-9-19(29-30-20)28-22(34)27-11-3-4-16-7-8-16/h1-2,5-6,9-10,16H,3-4,7-8,11-15H2,(H2,27,28,29,34). The molecule has 2 heterocycles. The number of aromatic nitrogens is 2. The van der Waals surface area contributed by atoms with E-state index in [0.29, 0.717) is 31.3 Å². The lowest BCUT2D eigenvalue weighted by Gasteiger charge is -2.35. The van der Waals surface area contributed by atoms with Gasteiger partial charge in [0.15, 0.2) is 11.6 Å². The van der Waals surface area contributed by atoms with Gasteiger partial charge in [0.25, 0.3) is 5.91 Å². The number of piperazine rings is 1. The summed E-state index contributed by atoms with van der Waals surface area (Å²) in [5.74, 6) is 1.08. The monoisotopic (exact) mass is 476 g/mol. The van der Waals surface area contributed by atoms with Crippen molar-refractivity contribution in [1.82, 2.24) is 20.4 Å². The minimum atomic E-state index is -4.59. The predicted octanol–water partition coefficient (Wildman–Crippen LogP) is 3.77. The van der Waals surface area contributed by atoms with Gasteiger partial charge in [0.2, 0.25) is 0 Å². The van der Waals surface area contributed by atoms with Gasteiger partial charge in [0, 0.05) is 32.7 Å². The number of halogens is 3. The zero-order chi connectivity index (χ0) is 24.1. The van der Waals surface area contributed by atoms with Crippen LogP contribution in [0.2, 0.25) is 0 Å². The zero-order valence-electron chi connectivity index (χ0n) is 18.6. The molecule has 1 aliphatic carbocycles. The van der Waals surface area contributed by atoms with E-state index >= 15 is 0 Å².